The Morgan fingerprint density at radius 2 is 2.40 bits per heavy atom. The maximum Gasteiger partial charge on any atom is 0.322 e. The molecule has 0 saturated carbocycles. The summed E-state index contributed by atoms with van der Waals surface area (Å²) in [5.74, 6) is 3.83. The number of hydrogen-bond donors (Lipinski definition) is 3. The summed E-state index contributed by atoms with van der Waals surface area (Å²) >= 11 is 0. The molecule has 0 aromatic rings. The summed E-state index contributed by atoms with van der Waals surface area (Å²) in [5.41, 5.74) is 2.08. The number of carboxylic acid groups (broad SMARTS) is 1. The van der Waals surface area contributed by atoms with Crippen molar-refractivity contribution in [1.29, 1.82) is 0 Å². The van der Waals surface area contributed by atoms with Gasteiger partial charge in [0, 0.05) is 6.42 Å². The summed E-state index contributed by atoms with van der Waals surface area (Å²) < 4.78 is 0. The number of aldehydes is 1. The first kappa shape index (κ1) is 9.06. The number of hydrogen-bond acceptors (Lipinski definition) is 4. The second-order valence-electron chi connectivity index (χ2n) is 1.80. The van der Waals surface area contributed by atoms with Crippen LogP contribution in [-0.2, 0) is 9.59 Å². The van der Waals surface area contributed by atoms with Gasteiger partial charge in [0.2, 0.25) is 0 Å². The second-order valence-corrected chi connectivity index (χ2v) is 1.80. The Labute approximate surface area is 58.2 Å². The molecule has 0 saturated heterocycles. The number of nitrogens with one attached hydrogen (secondary N) is 1. The van der Waals surface area contributed by atoms with E-state index in [1.807, 2.05) is 0 Å². The molecule has 0 spiro atoms. The standard InChI is InChI=1S/C5H10N2O3/c6-7-4(5(9)10)2-1-3-8/h3-4,7H,1-2,6H2,(H,9,10)/t4-/m0/s1. The number of carbonyl (C=O) groups is 2. The van der Waals surface area contributed by atoms with E-state index in [4.69, 9.17) is 10.9 Å². The second kappa shape index (κ2) is 4.89. The van der Waals surface area contributed by atoms with Crippen molar-refractivity contribution in [2.75, 3.05) is 0 Å². The highest BCUT2D eigenvalue weighted by atomic mass is 16.4. The minimum absolute atomic E-state index is 0.209. The van der Waals surface area contributed by atoms with E-state index in [9.17, 15) is 9.59 Å². The fourth-order valence-electron chi connectivity index (χ4n) is 0.513. The molecule has 0 unspecified atom stereocenters. The molecule has 10 heavy (non-hydrogen) atoms. The minimum atomic E-state index is -1.04. The lowest BCUT2D eigenvalue weighted by molar-refractivity contribution is -0.139. The lowest BCUT2D eigenvalue weighted by atomic mass is 10.2. The van der Waals surface area contributed by atoms with Gasteiger partial charge in [-0.1, -0.05) is 0 Å². The quantitative estimate of drug-likeness (QED) is 0.259. The lowest BCUT2D eigenvalue weighted by Crippen LogP contribution is -2.41. The van der Waals surface area contributed by atoms with Gasteiger partial charge >= 0.3 is 5.97 Å². The number of rotatable bonds is 5. The summed E-state index contributed by atoms with van der Waals surface area (Å²) in [6.07, 6.45) is 1.10. The van der Waals surface area contributed by atoms with Crippen LogP contribution in [-0.4, -0.2) is 23.4 Å². The summed E-state index contributed by atoms with van der Waals surface area (Å²) in [4.78, 5) is 20.0. The molecular weight excluding hydrogens is 136 g/mol. The van der Waals surface area contributed by atoms with Crippen LogP contribution < -0.4 is 11.3 Å². The van der Waals surface area contributed by atoms with E-state index in [2.05, 4.69) is 5.43 Å². The van der Waals surface area contributed by atoms with E-state index in [0.29, 0.717) is 6.29 Å². The van der Waals surface area contributed by atoms with Gasteiger partial charge in [-0.05, 0) is 6.42 Å². The van der Waals surface area contributed by atoms with Crippen LogP contribution >= 0.6 is 0 Å². The first-order valence-electron chi connectivity index (χ1n) is 2.85. The SMILES string of the molecule is NN[C@@H](CCC=O)C(=O)O. The average molecular weight is 146 g/mol. The Morgan fingerprint density at radius 1 is 1.80 bits per heavy atom. The van der Waals surface area contributed by atoms with Gasteiger partial charge in [-0.15, -0.1) is 0 Å². The van der Waals surface area contributed by atoms with Crippen molar-refractivity contribution >= 4 is 12.3 Å². The van der Waals surface area contributed by atoms with Crippen molar-refractivity contribution in [2.45, 2.75) is 18.9 Å². The molecule has 0 bridgehead atoms. The van der Waals surface area contributed by atoms with Crippen LogP contribution in [0.4, 0.5) is 0 Å². The molecule has 0 aliphatic carbocycles. The highest BCUT2D eigenvalue weighted by Crippen LogP contribution is 1.92. The zero-order chi connectivity index (χ0) is 7.98. The molecule has 0 rings (SSSR count). The van der Waals surface area contributed by atoms with Gasteiger partial charge in [0.05, 0.1) is 0 Å². The van der Waals surface area contributed by atoms with Crippen LogP contribution in [0.2, 0.25) is 0 Å². The molecule has 5 nitrogen and oxygen atoms in total. The third-order valence-electron chi connectivity index (χ3n) is 1.07. The highest BCUT2D eigenvalue weighted by molar-refractivity contribution is 5.73. The van der Waals surface area contributed by atoms with Gasteiger partial charge < -0.3 is 9.90 Å². The number of carbonyl (C=O) groups excluding carboxylic acids is 1. The van der Waals surface area contributed by atoms with Crippen molar-refractivity contribution in [3.8, 4) is 0 Å². The smallest absolute Gasteiger partial charge is 0.322 e. The molecule has 0 heterocycles. The predicted molar refractivity (Wildman–Crippen MR) is 34.0 cm³/mol. The summed E-state index contributed by atoms with van der Waals surface area (Å²) in [6, 6.07) is -0.815. The van der Waals surface area contributed by atoms with E-state index in [1.54, 1.807) is 0 Å². The normalized spacial score (nSPS) is 12.5. The molecule has 0 aliphatic rings. The molecule has 0 aliphatic heterocycles. The van der Waals surface area contributed by atoms with Gasteiger partial charge in [0.15, 0.2) is 0 Å². The zero-order valence-electron chi connectivity index (χ0n) is 5.41. The number of carboxylic acids is 1. The molecule has 0 radical (unpaired) electrons. The van der Waals surface area contributed by atoms with E-state index < -0.39 is 12.0 Å². The Balaban J connectivity index is 3.60. The molecule has 0 aromatic heterocycles. The Bertz CT molecular complexity index is 126. The Hall–Kier alpha value is -0.940. The molecule has 5 heteroatoms. The fraction of sp³-hybridized carbons (Fsp3) is 0.600. The third kappa shape index (κ3) is 3.16. The average Bonchev–Trinajstić information content (AvgIpc) is 1.89. The van der Waals surface area contributed by atoms with Crippen LogP contribution in [0.25, 0.3) is 0 Å². The third-order valence-corrected chi connectivity index (χ3v) is 1.07. The summed E-state index contributed by atoms with van der Waals surface area (Å²) in [5, 5.41) is 8.34. The van der Waals surface area contributed by atoms with Crippen LogP contribution in [0, 0.1) is 0 Å². The zero-order valence-corrected chi connectivity index (χ0v) is 5.41. The molecule has 0 fully saturated rings. The molecule has 0 amide bonds. The maximum atomic E-state index is 10.2. The highest BCUT2D eigenvalue weighted by Gasteiger charge is 2.13. The van der Waals surface area contributed by atoms with E-state index >= 15 is 0 Å². The summed E-state index contributed by atoms with van der Waals surface area (Å²) in [7, 11) is 0. The van der Waals surface area contributed by atoms with Crippen molar-refractivity contribution in [3.05, 3.63) is 0 Å². The van der Waals surface area contributed by atoms with Gasteiger partial charge in [-0.2, -0.15) is 0 Å². The molecule has 4 N–H and O–H groups in total. The monoisotopic (exact) mass is 146 g/mol. The largest absolute Gasteiger partial charge is 0.480 e. The van der Waals surface area contributed by atoms with Crippen LogP contribution in [0.15, 0.2) is 0 Å². The van der Waals surface area contributed by atoms with Crippen LogP contribution in [0.5, 0.6) is 0 Å². The minimum Gasteiger partial charge on any atom is -0.480 e. The van der Waals surface area contributed by atoms with Gasteiger partial charge in [0.25, 0.3) is 0 Å². The summed E-state index contributed by atoms with van der Waals surface area (Å²) in [6.45, 7) is 0. The van der Waals surface area contributed by atoms with Crippen molar-refractivity contribution in [1.82, 2.24) is 5.43 Å². The first-order chi connectivity index (χ1) is 4.72. The number of aliphatic carboxylic acids is 1. The van der Waals surface area contributed by atoms with Gasteiger partial charge in [0.1, 0.15) is 12.3 Å². The van der Waals surface area contributed by atoms with Gasteiger partial charge in [-0.25, -0.2) is 5.43 Å². The maximum absolute atomic E-state index is 10.2. The van der Waals surface area contributed by atoms with Crippen LogP contribution in [0.3, 0.4) is 0 Å². The van der Waals surface area contributed by atoms with Crippen molar-refractivity contribution in [2.24, 2.45) is 5.84 Å². The molecule has 58 valence electrons. The van der Waals surface area contributed by atoms with Crippen molar-refractivity contribution < 1.29 is 14.7 Å². The Kier molecular flexibility index (Phi) is 4.43. The fourth-order valence-corrected chi connectivity index (χ4v) is 0.513. The Morgan fingerprint density at radius 3 is 2.70 bits per heavy atom. The molecule has 1 atom stereocenters. The van der Waals surface area contributed by atoms with E-state index in [-0.39, 0.29) is 12.8 Å². The predicted octanol–water partition coefficient (Wildman–Crippen LogP) is -1.12. The van der Waals surface area contributed by atoms with E-state index in [1.165, 1.54) is 0 Å². The van der Waals surface area contributed by atoms with Crippen molar-refractivity contribution in [3.63, 3.8) is 0 Å². The van der Waals surface area contributed by atoms with E-state index in [0.717, 1.165) is 0 Å². The van der Waals surface area contributed by atoms with Crippen LogP contribution in [0.1, 0.15) is 12.8 Å². The topological polar surface area (TPSA) is 92.4 Å². The number of hydrazine groups is 1. The lowest BCUT2D eigenvalue weighted by Gasteiger charge is -2.06. The molecule has 0 aromatic carbocycles. The number of nitrogens with two attached hydrogens (primary N) is 1. The van der Waals surface area contributed by atoms with Gasteiger partial charge in [-0.3, -0.25) is 10.6 Å². The first-order valence-corrected chi connectivity index (χ1v) is 2.85. The molecular formula is C5H10N2O3.